The van der Waals surface area contributed by atoms with Crippen molar-refractivity contribution in [1.82, 2.24) is 0 Å². The van der Waals surface area contributed by atoms with Gasteiger partial charge in [-0.15, -0.1) is 0 Å². The number of unbranched alkanes of at least 4 members (excludes halogenated alkanes) is 14. The van der Waals surface area contributed by atoms with Gasteiger partial charge in [-0.25, -0.2) is 0 Å². The Morgan fingerprint density at radius 3 is 1.96 bits per heavy atom. The highest BCUT2D eigenvalue weighted by molar-refractivity contribution is 5.25. The maximum Gasteiger partial charge on any atom is -0.00851 e. The smallest absolute Gasteiger partial charge is 0.00851 e. The second-order valence-corrected chi connectivity index (χ2v) is 18.2. The van der Waals surface area contributed by atoms with E-state index in [9.17, 15) is 0 Å². The predicted octanol–water partition coefficient (Wildman–Crippen LogP) is 14.9. The number of rotatable bonds is 22. The second kappa shape index (κ2) is 18.9. The van der Waals surface area contributed by atoms with Crippen molar-refractivity contribution in [2.75, 3.05) is 0 Å². The maximum absolute atomic E-state index is 5.46. The van der Waals surface area contributed by atoms with Gasteiger partial charge in [-0.2, -0.15) is 0 Å². The van der Waals surface area contributed by atoms with Gasteiger partial charge < -0.3 is 0 Å². The molecule has 0 nitrogen and oxygen atoms in total. The van der Waals surface area contributed by atoms with Gasteiger partial charge in [-0.3, -0.25) is 0 Å². The molecule has 0 aromatic carbocycles. The minimum atomic E-state index is 0.533. The van der Waals surface area contributed by atoms with Crippen LogP contribution in [0.5, 0.6) is 0 Å². The first-order valence-corrected chi connectivity index (χ1v) is 21.0. The van der Waals surface area contributed by atoms with Crippen LogP contribution in [0.2, 0.25) is 0 Å². The minimum absolute atomic E-state index is 0.533. The molecule has 0 bridgehead atoms. The molecule has 0 heteroatoms. The summed E-state index contributed by atoms with van der Waals surface area (Å²) in [7, 11) is 0. The van der Waals surface area contributed by atoms with Crippen molar-refractivity contribution in [2.24, 2.45) is 52.3 Å². The van der Waals surface area contributed by atoms with E-state index in [0.717, 1.165) is 47.8 Å². The molecule has 4 aliphatic rings. The fraction of sp³-hybridized carbons (Fsp3) is 0.911. The van der Waals surface area contributed by atoms with Crippen LogP contribution in [0.3, 0.4) is 0 Å². The lowest BCUT2D eigenvalue weighted by molar-refractivity contribution is -0.0529. The lowest BCUT2D eigenvalue weighted by Crippen LogP contribution is -2.50. The van der Waals surface area contributed by atoms with Gasteiger partial charge in [0.2, 0.25) is 0 Å². The highest BCUT2D eigenvalue weighted by atomic mass is 14.6. The molecule has 0 heterocycles. The summed E-state index contributed by atoms with van der Waals surface area (Å²) >= 11 is 0. The summed E-state index contributed by atoms with van der Waals surface area (Å²) in [6.45, 7) is 18.4. The first-order chi connectivity index (χ1) is 21.8. The fourth-order valence-corrected chi connectivity index (χ4v) is 11.8. The van der Waals surface area contributed by atoms with Crippen LogP contribution in [-0.4, -0.2) is 0 Å². The van der Waals surface area contributed by atoms with Gasteiger partial charge >= 0.3 is 0 Å². The summed E-state index contributed by atoms with van der Waals surface area (Å²) in [6, 6.07) is 0. The van der Waals surface area contributed by atoms with E-state index in [0.29, 0.717) is 10.8 Å². The molecule has 3 fully saturated rings. The molecular formula is C45H79. The van der Waals surface area contributed by atoms with Gasteiger partial charge in [0.1, 0.15) is 0 Å². The van der Waals surface area contributed by atoms with E-state index in [1.165, 1.54) is 167 Å². The van der Waals surface area contributed by atoms with Gasteiger partial charge in [-0.1, -0.05) is 168 Å². The normalized spacial score (nSPS) is 33.4. The SMILES string of the molecule is [CH]=CCCCCCCCCCCCCCCCCC1CC[C@@]2(C)C(=CCC3C2CC[C@@]2(C)C3CC[C@@H]2[C@H](C)CCCC(C)C)C1. The third kappa shape index (κ3) is 10.2. The fourth-order valence-electron chi connectivity index (χ4n) is 11.8. The maximum atomic E-state index is 5.46. The average molecular weight is 620 g/mol. The van der Waals surface area contributed by atoms with Gasteiger partial charge in [0.05, 0.1) is 0 Å². The van der Waals surface area contributed by atoms with E-state index in [-0.39, 0.29) is 0 Å². The van der Waals surface area contributed by atoms with Crippen LogP contribution in [-0.2, 0) is 0 Å². The Kier molecular flexibility index (Phi) is 15.6. The molecule has 0 aromatic rings. The topological polar surface area (TPSA) is 0 Å². The molecule has 45 heavy (non-hydrogen) atoms. The highest BCUT2D eigenvalue weighted by Gasteiger charge is 2.59. The zero-order valence-electron chi connectivity index (χ0n) is 31.4. The van der Waals surface area contributed by atoms with Crippen molar-refractivity contribution in [3.05, 3.63) is 24.3 Å². The standard InChI is InChI=1S/C45H79/c1-7-8-9-10-11-12-13-14-15-16-17-18-19-20-21-22-26-38-31-33-44(5)39(35-38)27-28-40-42-30-29-41(37(4)25-23-24-36(2)3)45(42,6)34-32-43(40)44/h1,7,27,36-38,40-43H,8-26,28-35H2,2-6H3/t37-,38?,40?,41-,42?,43?,44+,45-/m1/s1. The molecule has 8 atom stereocenters. The largest absolute Gasteiger partial charge is 0.0845 e. The Hall–Kier alpha value is -0.520. The van der Waals surface area contributed by atoms with Crippen LogP contribution in [0.25, 0.3) is 0 Å². The summed E-state index contributed by atoms with van der Waals surface area (Å²) in [6.07, 6.45) is 43.8. The molecule has 4 unspecified atom stereocenters. The van der Waals surface area contributed by atoms with Crippen LogP contribution >= 0.6 is 0 Å². The number of allylic oxidation sites excluding steroid dienone is 3. The Morgan fingerprint density at radius 1 is 0.711 bits per heavy atom. The zero-order valence-corrected chi connectivity index (χ0v) is 31.4. The van der Waals surface area contributed by atoms with Crippen molar-refractivity contribution >= 4 is 0 Å². The predicted molar refractivity (Wildman–Crippen MR) is 199 cm³/mol. The monoisotopic (exact) mass is 620 g/mol. The lowest BCUT2D eigenvalue weighted by atomic mass is 9.46. The van der Waals surface area contributed by atoms with Gasteiger partial charge in [-0.05, 0) is 116 Å². The van der Waals surface area contributed by atoms with E-state index in [4.69, 9.17) is 6.58 Å². The van der Waals surface area contributed by atoms with Crippen molar-refractivity contribution in [1.29, 1.82) is 0 Å². The molecule has 0 aromatic heterocycles. The Morgan fingerprint density at radius 2 is 1.33 bits per heavy atom. The molecule has 0 saturated heterocycles. The molecule has 0 N–H and O–H groups in total. The van der Waals surface area contributed by atoms with E-state index >= 15 is 0 Å². The van der Waals surface area contributed by atoms with Gasteiger partial charge in [0, 0.05) is 0 Å². The molecule has 4 aliphatic carbocycles. The molecule has 4 rings (SSSR count). The first-order valence-electron chi connectivity index (χ1n) is 21.0. The van der Waals surface area contributed by atoms with Crippen LogP contribution in [0.4, 0.5) is 0 Å². The molecular weight excluding hydrogens is 540 g/mol. The van der Waals surface area contributed by atoms with Crippen LogP contribution < -0.4 is 0 Å². The number of fused-ring (bicyclic) bond motifs is 5. The van der Waals surface area contributed by atoms with Crippen LogP contribution in [0, 0.1) is 58.8 Å². The number of hydrogen-bond acceptors (Lipinski definition) is 0. The summed E-state index contributed by atoms with van der Waals surface area (Å²) < 4.78 is 0. The van der Waals surface area contributed by atoms with E-state index in [2.05, 4.69) is 40.7 Å². The minimum Gasteiger partial charge on any atom is -0.0845 e. The summed E-state index contributed by atoms with van der Waals surface area (Å²) in [5, 5.41) is 0. The van der Waals surface area contributed by atoms with Crippen molar-refractivity contribution < 1.29 is 0 Å². The van der Waals surface area contributed by atoms with Crippen molar-refractivity contribution in [2.45, 2.75) is 208 Å². The van der Waals surface area contributed by atoms with Crippen LogP contribution in [0.1, 0.15) is 208 Å². The van der Waals surface area contributed by atoms with E-state index in [1.807, 2.05) is 11.6 Å². The van der Waals surface area contributed by atoms with E-state index < -0.39 is 0 Å². The zero-order chi connectivity index (χ0) is 32.1. The highest BCUT2D eigenvalue weighted by Crippen LogP contribution is 2.67. The molecule has 0 spiro atoms. The van der Waals surface area contributed by atoms with Crippen LogP contribution in [0.15, 0.2) is 17.7 Å². The Labute approximate surface area is 283 Å². The summed E-state index contributed by atoms with van der Waals surface area (Å²) in [5.74, 6) is 6.73. The number of hydrogen-bond donors (Lipinski definition) is 0. The van der Waals surface area contributed by atoms with Gasteiger partial charge in [0.15, 0.2) is 0 Å². The first kappa shape index (κ1) is 37.3. The summed E-state index contributed by atoms with van der Waals surface area (Å²) in [5.41, 5.74) is 3.08. The van der Waals surface area contributed by atoms with Gasteiger partial charge in [0.25, 0.3) is 0 Å². The lowest BCUT2D eigenvalue weighted by Gasteiger charge is -2.58. The Balaban J connectivity index is 1.09. The van der Waals surface area contributed by atoms with Crippen molar-refractivity contribution in [3.8, 4) is 0 Å². The quantitative estimate of drug-likeness (QED) is 0.0835. The molecule has 1 radical (unpaired) electrons. The molecule has 0 aliphatic heterocycles. The summed E-state index contributed by atoms with van der Waals surface area (Å²) in [4.78, 5) is 0. The molecule has 3 saturated carbocycles. The third-order valence-electron chi connectivity index (χ3n) is 14.6. The second-order valence-electron chi connectivity index (χ2n) is 18.2. The Bertz CT molecular complexity index is 863. The average Bonchev–Trinajstić information content (AvgIpc) is 3.38. The molecule has 259 valence electrons. The third-order valence-corrected chi connectivity index (χ3v) is 14.6. The van der Waals surface area contributed by atoms with E-state index in [1.54, 1.807) is 0 Å². The molecule has 0 amide bonds. The van der Waals surface area contributed by atoms with Crippen molar-refractivity contribution in [3.63, 3.8) is 0 Å².